The molecule has 5 rings (SSSR count). The Morgan fingerprint density at radius 1 is 0.907 bits per heavy atom. The first-order chi connectivity index (χ1) is 20.7. The zero-order chi connectivity index (χ0) is 30.5. The number of nitrogens with one attached hydrogen (secondary N) is 1. The van der Waals surface area contributed by atoms with Crippen LogP contribution < -0.4 is 4.72 Å². The maximum atomic E-state index is 12.2. The maximum Gasteiger partial charge on any atom is 0.178 e. The highest BCUT2D eigenvalue weighted by molar-refractivity contribution is 7.86. The number of anilines is 1. The third-order valence-corrected chi connectivity index (χ3v) is 8.66. The smallest absolute Gasteiger partial charge is 0.178 e. The van der Waals surface area contributed by atoms with Gasteiger partial charge in [0.15, 0.2) is 6.29 Å². The summed E-state index contributed by atoms with van der Waals surface area (Å²) in [5, 5.41) is 20.0. The second-order valence-electron chi connectivity index (χ2n) is 10.3. The van der Waals surface area contributed by atoms with Crippen LogP contribution in [0, 0.1) is 0 Å². The molecule has 0 fully saturated rings. The fourth-order valence-electron chi connectivity index (χ4n) is 4.46. The maximum absolute atomic E-state index is 12.2. The van der Waals surface area contributed by atoms with Crippen molar-refractivity contribution in [3.05, 3.63) is 130 Å². The molecular formula is C34H31Cl2N3O3S. The van der Waals surface area contributed by atoms with Gasteiger partial charge in [-0.3, -0.25) is 0 Å². The number of aliphatic hydroxyl groups is 2. The Labute approximate surface area is 263 Å². The van der Waals surface area contributed by atoms with Crippen LogP contribution in [0.2, 0.25) is 10.0 Å². The Kier molecular flexibility index (Phi) is 9.80. The van der Waals surface area contributed by atoms with Crippen LogP contribution in [0.4, 0.5) is 5.69 Å². The van der Waals surface area contributed by atoms with E-state index in [0.29, 0.717) is 27.8 Å². The van der Waals surface area contributed by atoms with Crippen LogP contribution in [0.5, 0.6) is 0 Å². The summed E-state index contributed by atoms with van der Waals surface area (Å²) in [5.41, 5.74) is 6.79. The van der Waals surface area contributed by atoms with Gasteiger partial charge in [-0.25, -0.2) is 9.19 Å². The molecule has 0 aliphatic heterocycles. The van der Waals surface area contributed by atoms with Gasteiger partial charge < -0.3 is 19.5 Å². The molecule has 9 heteroatoms. The van der Waals surface area contributed by atoms with Gasteiger partial charge in [-0.2, -0.15) is 0 Å². The molecule has 0 aliphatic carbocycles. The molecular weight excluding hydrogens is 601 g/mol. The fourth-order valence-corrected chi connectivity index (χ4v) is 5.56. The monoisotopic (exact) mass is 631 g/mol. The average Bonchev–Trinajstić information content (AvgIpc) is 3.38. The predicted molar refractivity (Wildman–Crippen MR) is 178 cm³/mol. The van der Waals surface area contributed by atoms with E-state index in [1.54, 1.807) is 24.3 Å². The molecule has 1 unspecified atom stereocenters. The first-order valence-electron chi connectivity index (χ1n) is 13.7. The van der Waals surface area contributed by atoms with Gasteiger partial charge in [-0.15, -0.1) is 0 Å². The molecule has 0 amide bonds. The average molecular weight is 633 g/mol. The summed E-state index contributed by atoms with van der Waals surface area (Å²) >= 11 is 12.6. The van der Waals surface area contributed by atoms with Crippen LogP contribution in [-0.2, 0) is 17.5 Å². The van der Waals surface area contributed by atoms with Gasteiger partial charge in [0.25, 0.3) is 0 Å². The quantitative estimate of drug-likeness (QED) is 0.136. The highest BCUT2D eigenvalue weighted by atomic mass is 35.5. The van der Waals surface area contributed by atoms with Crippen LogP contribution in [0.15, 0.2) is 97.2 Å². The summed E-state index contributed by atoms with van der Waals surface area (Å²) in [7, 11) is -1.14. The van der Waals surface area contributed by atoms with Gasteiger partial charge in [-0.05, 0) is 72.5 Å². The first-order valence-corrected chi connectivity index (χ1v) is 15.7. The SMILES string of the molecule is CC(C)S(=O)Nc1cccc(-c2ccc(/C=C/c3nc(-c4ccc(Cl)cc4Cl)cn3Cc3ccc(C(O)O)cc3)cc2)c1. The molecule has 0 saturated carbocycles. The van der Waals surface area contributed by atoms with Crippen molar-refractivity contribution in [2.24, 2.45) is 0 Å². The molecule has 220 valence electrons. The number of halogens is 2. The van der Waals surface area contributed by atoms with Crippen molar-refractivity contribution in [1.29, 1.82) is 0 Å². The van der Waals surface area contributed by atoms with Crippen molar-refractivity contribution in [2.75, 3.05) is 4.72 Å². The summed E-state index contributed by atoms with van der Waals surface area (Å²) in [4.78, 5) is 4.88. The normalized spacial score (nSPS) is 12.4. The number of benzene rings is 4. The zero-order valence-corrected chi connectivity index (χ0v) is 25.9. The van der Waals surface area contributed by atoms with Gasteiger partial charge in [0.1, 0.15) is 16.8 Å². The molecule has 4 aromatic carbocycles. The van der Waals surface area contributed by atoms with Crippen molar-refractivity contribution in [3.8, 4) is 22.4 Å². The number of nitrogens with zero attached hydrogens (tertiary/aromatic N) is 2. The van der Waals surface area contributed by atoms with E-state index in [2.05, 4.69) is 16.9 Å². The minimum absolute atomic E-state index is 0.0189. The van der Waals surface area contributed by atoms with E-state index in [1.165, 1.54) is 0 Å². The van der Waals surface area contributed by atoms with Crippen LogP contribution in [0.3, 0.4) is 0 Å². The lowest BCUT2D eigenvalue weighted by Crippen LogP contribution is -2.14. The summed E-state index contributed by atoms with van der Waals surface area (Å²) in [6, 6.07) is 28.5. The lowest BCUT2D eigenvalue weighted by Gasteiger charge is -2.10. The molecule has 0 bridgehead atoms. The Hall–Kier alpha value is -3.72. The Morgan fingerprint density at radius 3 is 2.33 bits per heavy atom. The highest BCUT2D eigenvalue weighted by Crippen LogP contribution is 2.31. The van der Waals surface area contributed by atoms with Crippen molar-refractivity contribution in [2.45, 2.75) is 31.9 Å². The lowest BCUT2D eigenvalue weighted by molar-refractivity contribution is -0.0424. The topological polar surface area (TPSA) is 87.4 Å². The predicted octanol–water partition coefficient (Wildman–Crippen LogP) is 8.21. The summed E-state index contributed by atoms with van der Waals surface area (Å²) in [6.07, 6.45) is 4.40. The molecule has 5 aromatic rings. The van der Waals surface area contributed by atoms with Crippen LogP contribution in [0.25, 0.3) is 34.5 Å². The summed E-state index contributed by atoms with van der Waals surface area (Å²) in [5.74, 6) is 0.730. The molecule has 1 heterocycles. The molecule has 0 radical (unpaired) electrons. The van der Waals surface area contributed by atoms with E-state index in [1.807, 2.05) is 91.4 Å². The molecule has 1 aromatic heterocycles. The van der Waals surface area contributed by atoms with Crippen molar-refractivity contribution >= 4 is 52.0 Å². The van der Waals surface area contributed by atoms with Gasteiger partial charge in [0.05, 0.1) is 10.7 Å². The van der Waals surface area contributed by atoms with Gasteiger partial charge in [0, 0.05) is 39.8 Å². The Balaban J connectivity index is 1.40. The van der Waals surface area contributed by atoms with Crippen LogP contribution in [-0.4, -0.2) is 29.2 Å². The van der Waals surface area contributed by atoms with Crippen LogP contribution in [0.1, 0.15) is 42.7 Å². The third-order valence-electron chi connectivity index (χ3n) is 6.82. The molecule has 0 saturated heterocycles. The second-order valence-corrected chi connectivity index (χ2v) is 12.9. The van der Waals surface area contributed by atoms with Crippen molar-refractivity contribution in [3.63, 3.8) is 0 Å². The van der Waals surface area contributed by atoms with E-state index in [4.69, 9.17) is 28.2 Å². The number of imidazole rings is 1. The number of hydrogen-bond donors (Lipinski definition) is 3. The minimum atomic E-state index is -1.51. The molecule has 3 N–H and O–H groups in total. The highest BCUT2D eigenvalue weighted by Gasteiger charge is 2.13. The lowest BCUT2D eigenvalue weighted by atomic mass is 10.0. The Morgan fingerprint density at radius 2 is 1.65 bits per heavy atom. The zero-order valence-electron chi connectivity index (χ0n) is 23.6. The van der Waals surface area contributed by atoms with Crippen molar-refractivity contribution in [1.82, 2.24) is 9.55 Å². The van der Waals surface area contributed by atoms with E-state index in [-0.39, 0.29) is 5.25 Å². The number of aromatic nitrogens is 2. The van der Waals surface area contributed by atoms with Crippen LogP contribution >= 0.6 is 23.2 Å². The fraction of sp³-hybridized carbons (Fsp3) is 0.147. The van der Waals surface area contributed by atoms with Crippen molar-refractivity contribution < 1.29 is 14.4 Å². The van der Waals surface area contributed by atoms with Gasteiger partial charge in [-0.1, -0.05) is 89.9 Å². The first kappa shape index (κ1) is 30.7. The summed E-state index contributed by atoms with van der Waals surface area (Å²) < 4.78 is 17.3. The standard InChI is InChI=1S/C34H31Cl2N3O3S/c1-22(2)43(42)38-29-5-3-4-27(18-29)25-11-6-23(7-12-25)10-17-33-37-32(30-16-15-28(35)19-31(30)36)21-39(33)20-24-8-13-26(14-9-24)34(40)41/h3-19,21-22,34,38,40-41H,20H2,1-2H3/b17-10+. The molecule has 6 nitrogen and oxygen atoms in total. The largest absolute Gasteiger partial charge is 0.364 e. The number of aliphatic hydroxyl groups excluding tert-OH is 1. The van der Waals surface area contributed by atoms with Gasteiger partial charge in [0.2, 0.25) is 0 Å². The van der Waals surface area contributed by atoms with E-state index in [0.717, 1.165) is 39.3 Å². The number of rotatable bonds is 10. The molecule has 1 atom stereocenters. The minimum Gasteiger partial charge on any atom is -0.364 e. The molecule has 43 heavy (non-hydrogen) atoms. The van der Waals surface area contributed by atoms with E-state index >= 15 is 0 Å². The molecule has 0 spiro atoms. The second kappa shape index (κ2) is 13.7. The number of hydrogen-bond acceptors (Lipinski definition) is 4. The van der Waals surface area contributed by atoms with E-state index in [9.17, 15) is 14.4 Å². The Bertz CT molecular complexity index is 1770. The third kappa shape index (κ3) is 7.82. The molecule has 0 aliphatic rings. The summed E-state index contributed by atoms with van der Waals surface area (Å²) in [6.45, 7) is 4.35. The van der Waals surface area contributed by atoms with E-state index < -0.39 is 17.3 Å². The van der Waals surface area contributed by atoms with Gasteiger partial charge >= 0.3 is 0 Å².